The lowest BCUT2D eigenvalue weighted by Gasteiger charge is -2.32. The number of carboxylic acid groups (broad SMARTS) is 1. The van der Waals surface area contributed by atoms with E-state index in [0.717, 1.165) is 11.9 Å². The average Bonchev–Trinajstić information content (AvgIpc) is 3.28. The van der Waals surface area contributed by atoms with Crippen LogP contribution >= 0.6 is 0 Å². The van der Waals surface area contributed by atoms with E-state index in [9.17, 15) is 57.9 Å². The number of ether oxygens (including phenoxy) is 2. The number of aromatic hydroxyl groups is 2. The fourth-order valence-electron chi connectivity index (χ4n) is 8.08. The summed E-state index contributed by atoms with van der Waals surface area (Å²) in [5.41, 5.74) is 11.1. The number of nitrogens with zero attached hydrogens (tertiary/aromatic N) is 3. The Morgan fingerprint density at radius 3 is 2.24 bits per heavy atom. The molecule has 1 aliphatic rings. The van der Waals surface area contributed by atoms with E-state index >= 15 is 4.39 Å². The fourth-order valence-corrected chi connectivity index (χ4v) is 8.51. The third-order valence-electron chi connectivity index (χ3n) is 11.9. The van der Waals surface area contributed by atoms with Gasteiger partial charge in [-0.05, 0) is 66.3 Å². The number of rotatable bonds is 17. The number of hydrogen-bond acceptors (Lipinski definition) is 17. The number of anilines is 1. The van der Waals surface area contributed by atoms with Gasteiger partial charge in [0.05, 0.1) is 28.8 Å². The van der Waals surface area contributed by atoms with Gasteiger partial charge in [-0.25, -0.2) is 29.0 Å². The predicted molar refractivity (Wildman–Crippen MR) is 259 cm³/mol. The van der Waals surface area contributed by atoms with Gasteiger partial charge in [0.25, 0.3) is 10.2 Å². The number of halogens is 1. The van der Waals surface area contributed by atoms with E-state index < -0.39 is 130 Å². The Kier molecular flexibility index (Phi) is 17.7. The molecule has 0 saturated carbocycles. The average molecular weight is 1030 g/mol. The quantitative estimate of drug-likeness (QED) is 0.0675. The number of benzene rings is 3. The summed E-state index contributed by atoms with van der Waals surface area (Å²) in [5, 5.41) is 61.1. The van der Waals surface area contributed by atoms with Crippen LogP contribution in [0.5, 0.6) is 23.0 Å². The molecule has 2 heterocycles. The number of phenolic OH excluding ortho intramolecular Hbond substituents is 2. The highest BCUT2D eigenvalue weighted by Gasteiger charge is 2.38. The highest BCUT2D eigenvalue weighted by atomic mass is 32.2. The fraction of sp³-hybridized carbons (Fsp3) is 0.438. The summed E-state index contributed by atoms with van der Waals surface area (Å²) in [7, 11) is -3.38. The first-order valence-corrected chi connectivity index (χ1v) is 24.2. The predicted octanol–water partition coefficient (Wildman–Crippen LogP) is 1.91. The van der Waals surface area contributed by atoms with Crippen LogP contribution in [-0.4, -0.2) is 130 Å². The van der Waals surface area contributed by atoms with Crippen molar-refractivity contribution in [2.24, 2.45) is 22.7 Å². The van der Waals surface area contributed by atoms with Gasteiger partial charge in [0.2, 0.25) is 11.8 Å². The molecule has 0 radical (unpaired) electrons. The number of aliphatic carboxylic acids is 1. The molecular weight excluding hydrogens is 964 g/mol. The van der Waals surface area contributed by atoms with Crippen LogP contribution in [0.1, 0.15) is 86.2 Å². The van der Waals surface area contributed by atoms with E-state index in [1.165, 1.54) is 63.2 Å². The number of aliphatic hydroxyl groups is 2. The summed E-state index contributed by atoms with van der Waals surface area (Å²) in [6.07, 6.45) is -3.98. The Labute approximate surface area is 414 Å². The number of aromatic nitrogens is 2. The molecule has 4 aromatic rings. The summed E-state index contributed by atoms with van der Waals surface area (Å²) in [6, 6.07) is 6.45. The van der Waals surface area contributed by atoms with Gasteiger partial charge in [0.15, 0.2) is 40.5 Å². The number of phenols is 2. The second kappa shape index (κ2) is 22.7. The van der Waals surface area contributed by atoms with Crippen molar-refractivity contribution in [3.05, 3.63) is 76.2 Å². The highest BCUT2D eigenvalue weighted by Crippen LogP contribution is 2.45. The number of Topliss-reactive ketones (excluding diaryl/α,β-unsaturated/α-hetero) is 2. The summed E-state index contributed by atoms with van der Waals surface area (Å²) < 4.78 is 53.7. The minimum atomic E-state index is -4.54. The molecule has 0 spiro atoms. The first-order chi connectivity index (χ1) is 33.5. The highest BCUT2D eigenvalue weighted by molar-refractivity contribution is 7.87. The smallest absolute Gasteiger partial charge is 0.326 e. The van der Waals surface area contributed by atoms with Gasteiger partial charge in [0, 0.05) is 56.4 Å². The number of carboxylic acids is 1. The molecule has 0 saturated heterocycles. The lowest BCUT2D eigenvalue weighted by molar-refractivity contribution is -0.143. The maximum Gasteiger partial charge on any atom is 0.326 e. The zero-order valence-corrected chi connectivity index (χ0v) is 41.5. The van der Waals surface area contributed by atoms with Crippen LogP contribution in [0.15, 0.2) is 42.5 Å². The van der Waals surface area contributed by atoms with Crippen molar-refractivity contribution in [1.82, 2.24) is 24.9 Å². The van der Waals surface area contributed by atoms with Crippen LogP contribution in [0.3, 0.4) is 0 Å². The van der Waals surface area contributed by atoms with Crippen LogP contribution in [0.2, 0.25) is 0 Å². The number of aryl methyl sites for hydroxylation is 1. The lowest BCUT2D eigenvalue weighted by atomic mass is 9.85. The van der Waals surface area contributed by atoms with Crippen LogP contribution in [0.4, 0.5) is 10.2 Å². The Balaban J connectivity index is 1.67. The van der Waals surface area contributed by atoms with E-state index in [0.29, 0.717) is 5.56 Å². The normalized spacial score (nSPS) is 17.8. The number of aliphatic hydroxyl groups excluding tert-OH is 2. The van der Waals surface area contributed by atoms with Gasteiger partial charge in [-0.3, -0.25) is 19.2 Å². The van der Waals surface area contributed by atoms with Gasteiger partial charge in [-0.1, -0.05) is 39.8 Å². The van der Waals surface area contributed by atoms with Crippen LogP contribution in [-0.2, 0) is 41.2 Å². The molecule has 4 bridgehead atoms. The van der Waals surface area contributed by atoms with Gasteiger partial charge in [0.1, 0.15) is 43.0 Å². The maximum absolute atomic E-state index is 15.4. The molecule has 2 amide bonds. The zero-order valence-electron chi connectivity index (χ0n) is 40.7. The molecule has 1 aromatic heterocycles. The molecule has 24 heteroatoms. The monoisotopic (exact) mass is 1020 g/mol. The maximum atomic E-state index is 15.4. The minimum absolute atomic E-state index is 0.0192. The number of hydrogen-bond donors (Lipinski definition) is 10. The third-order valence-corrected chi connectivity index (χ3v) is 12.4. The first-order valence-electron chi connectivity index (χ1n) is 22.6. The number of nitrogen functional groups attached to an aromatic ring is 1. The summed E-state index contributed by atoms with van der Waals surface area (Å²) in [4.78, 5) is 79.5. The van der Waals surface area contributed by atoms with Crippen molar-refractivity contribution >= 4 is 45.4 Å². The number of ketones is 2. The molecule has 0 aliphatic carbocycles. The molecule has 22 nitrogen and oxygen atoms in total. The van der Waals surface area contributed by atoms with Gasteiger partial charge in [-0.2, -0.15) is 8.42 Å². The molecule has 72 heavy (non-hydrogen) atoms. The molecule has 3 aromatic carbocycles. The number of nitrogens with two attached hydrogens (primary N) is 3. The Hall–Kier alpha value is -6.83. The van der Waals surface area contributed by atoms with Crippen molar-refractivity contribution in [3.63, 3.8) is 0 Å². The standard InChI is InChI=1S/C48H61FN8O14S/c1-22-12-35(61)40(26-15-31(41(62)37(17-26)70-20-23(2)58)30-13-25(14-33(47(66)67)55-45(22)64)8-11-36(30)71-21-28(59)18-50)57(7)46(65)27(19-53-72(52,68)69)16-34(60)38-24(3)54-44(56-43(38)51)29-9-10-32(48(4,5)6)39(49)42(29)63/h8-11,13,15,17,22-23,27-28,33,40,53,58-59,62-63H,12,14,16,18-21,50H2,1-7H3,(H,55,64)(H,66,67)(H2,51,54,56)(H2,52,68,69)/t22-,23-,27+,28-,33+,40+/m1/s1. The van der Waals surface area contributed by atoms with Crippen molar-refractivity contribution < 1.29 is 71.8 Å². The lowest BCUT2D eigenvalue weighted by Crippen LogP contribution is -2.46. The third kappa shape index (κ3) is 13.4. The molecule has 5 rings (SSSR count). The van der Waals surface area contributed by atoms with E-state index in [2.05, 4.69) is 15.3 Å². The van der Waals surface area contributed by atoms with Crippen molar-refractivity contribution in [2.45, 2.75) is 90.5 Å². The number of fused-ring (bicyclic) bond motifs is 5. The number of likely N-dealkylation sites (N-methyl/N-ethyl adjacent to an activating group) is 1. The van der Waals surface area contributed by atoms with E-state index in [4.69, 9.17) is 26.1 Å². The topological polar surface area (TPSA) is 370 Å². The Morgan fingerprint density at radius 2 is 1.64 bits per heavy atom. The second-order valence-electron chi connectivity index (χ2n) is 18.8. The molecule has 390 valence electrons. The van der Waals surface area contributed by atoms with Gasteiger partial charge >= 0.3 is 5.97 Å². The first kappa shape index (κ1) is 56.1. The van der Waals surface area contributed by atoms with E-state index in [-0.39, 0.29) is 76.0 Å². The van der Waals surface area contributed by atoms with E-state index in [1.807, 2.05) is 4.72 Å². The molecule has 0 fully saturated rings. The van der Waals surface area contributed by atoms with E-state index in [1.54, 1.807) is 20.8 Å². The van der Waals surface area contributed by atoms with Gasteiger partial charge in [-0.15, -0.1) is 0 Å². The molecule has 1 aliphatic heterocycles. The Morgan fingerprint density at radius 1 is 0.972 bits per heavy atom. The number of carbonyl (C=O) groups is 5. The summed E-state index contributed by atoms with van der Waals surface area (Å²) in [5.74, 6) is -11.1. The number of carbonyl (C=O) groups excluding carboxylic acids is 4. The largest absolute Gasteiger partial charge is 0.504 e. The summed E-state index contributed by atoms with van der Waals surface area (Å²) >= 11 is 0. The number of nitrogens with one attached hydrogen (secondary N) is 2. The molecular formula is C48H61FN8O14S. The minimum Gasteiger partial charge on any atom is -0.504 e. The van der Waals surface area contributed by atoms with Crippen molar-refractivity contribution in [2.75, 3.05) is 39.1 Å². The SMILES string of the molecule is Cc1nc(-c2ccc(C(C)(C)C)c(F)c2O)nc(N)c1C(=O)C[C@@H](CNS(N)(=O)=O)C(=O)N(C)[C@@H]1C(=O)C[C@@H](C)C(=O)N[C@H](C(=O)O)Cc2ccc(OC[C@H](O)CN)c(c2)-c2cc1cc(OC[C@@H](C)O)c2O. The van der Waals surface area contributed by atoms with Crippen LogP contribution in [0, 0.1) is 24.6 Å². The van der Waals surface area contributed by atoms with Crippen molar-refractivity contribution in [1.29, 1.82) is 0 Å². The van der Waals surface area contributed by atoms with Crippen molar-refractivity contribution in [3.8, 4) is 45.5 Å². The number of amides is 2. The summed E-state index contributed by atoms with van der Waals surface area (Å²) in [6.45, 7) is 7.61. The van der Waals surface area contributed by atoms with Gasteiger partial charge < -0.3 is 56.7 Å². The van der Waals surface area contributed by atoms with Crippen LogP contribution in [0.25, 0.3) is 22.5 Å². The Bertz CT molecular complexity index is 2840. The van der Waals surface area contributed by atoms with Crippen LogP contribution < -0.4 is 36.1 Å². The molecule has 13 N–H and O–H groups in total. The second-order valence-corrected chi connectivity index (χ2v) is 20.2. The zero-order chi connectivity index (χ0) is 53.7. The molecule has 0 unspecified atom stereocenters. The molecule has 6 atom stereocenters.